The number of hydrogen-bond donors (Lipinski definition) is 1. The minimum atomic E-state index is -4.25. The van der Waals surface area contributed by atoms with E-state index in [0.717, 1.165) is 22.7 Å². The average Bonchev–Trinajstić information content (AvgIpc) is 2.87. The van der Waals surface area contributed by atoms with Crippen molar-refractivity contribution in [3.05, 3.63) is 66.2 Å². The Hall–Kier alpha value is -2.18. The highest BCUT2D eigenvalue weighted by molar-refractivity contribution is 7.84. The largest absolute Gasteiger partial charge is 0.364 e. The number of rotatable bonds is 3. The number of hydrogen-bond acceptors (Lipinski definition) is 3. The summed E-state index contributed by atoms with van der Waals surface area (Å²) in [6, 6.07) is 14.1. The van der Waals surface area contributed by atoms with Crippen LogP contribution in [0, 0.1) is 0 Å². The van der Waals surface area contributed by atoms with E-state index in [2.05, 4.69) is 4.98 Å². The Morgan fingerprint density at radius 3 is 2.55 bits per heavy atom. The van der Waals surface area contributed by atoms with E-state index < -0.39 is 10.3 Å². The predicted octanol–water partition coefficient (Wildman–Crippen LogP) is 2.28. The maximum atomic E-state index is 11.0. The molecule has 3 aromatic rings. The Morgan fingerprint density at radius 2 is 1.85 bits per heavy atom. The Balaban J connectivity index is 1.91. The molecule has 1 aromatic heterocycles. The summed E-state index contributed by atoms with van der Waals surface area (Å²) in [4.78, 5) is 3.98. The standard InChI is InChI=1S/C14H12N2O3S/c17-20(18,19)16-9-14(15-10-16)8-11-5-6-12-3-1-2-4-13(12)7-11/h1-7,9-10H,8H2,(H,17,18,19). The number of nitrogens with zero attached hydrogens (tertiary/aromatic N) is 2. The van der Waals surface area contributed by atoms with Gasteiger partial charge in [-0.1, -0.05) is 42.5 Å². The summed E-state index contributed by atoms with van der Waals surface area (Å²) in [5, 5.41) is 2.28. The van der Waals surface area contributed by atoms with Crippen molar-refractivity contribution in [2.45, 2.75) is 6.42 Å². The molecular weight excluding hydrogens is 276 g/mol. The van der Waals surface area contributed by atoms with Crippen molar-refractivity contribution in [3.63, 3.8) is 0 Å². The van der Waals surface area contributed by atoms with Gasteiger partial charge >= 0.3 is 10.3 Å². The average molecular weight is 288 g/mol. The molecule has 0 fully saturated rings. The first kappa shape index (κ1) is 12.8. The molecule has 0 aliphatic rings. The number of fused-ring (bicyclic) bond motifs is 1. The lowest BCUT2D eigenvalue weighted by molar-refractivity contribution is 0.472. The molecule has 0 bridgehead atoms. The molecule has 0 atom stereocenters. The van der Waals surface area contributed by atoms with Gasteiger partial charge in [-0.05, 0) is 16.3 Å². The molecule has 3 rings (SSSR count). The van der Waals surface area contributed by atoms with E-state index in [9.17, 15) is 8.42 Å². The summed E-state index contributed by atoms with van der Waals surface area (Å²) in [5.74, 6) is 0. The van der Waals surface area contributed by atoms with Crippen LogP contribution in [-0.2, 0) is 16.7 Å². The van der Waals surface area contributed by atoms with Crippen LogP contribution in [0.1, 0.15) is 11.3 Å². The topological polar surface area (TPSA) is 72.2 Å². The lowest BCUT2D eigenvalue weighted by Gasteiger charge is -2.02. The highest BCUT2D eigenvalue weighted by Gasteiger charge is 2.09. The van der Waals surface area contributed by atoms with Gasteiger partial charge in [0.15, 0.2) is 0 Å². The molecule has 0 saturated carbocycles. The second kappa shape index (κ2) is 4.73. The lowest BCUT2D eigenvalue weighted by atomic mass is 10.0. The summed E-state index contributed by atoms with van der Waals surface area (Å²) in [6.45, 7) is 0. The molecule has 1 N–H and O–H groups in total. The van der Waals surface area contributed by atoms with Gasteiger partial charge in [-0.2, -0.15) is 8.42 Å². The highest BCUT2D eigenvalue weighted by Crippen LogP contribution is 2.17. The van der Waals surface area contributed by atoms with Crippen LogP contribution in [0.4, 0.5) is 0 Å². The molecule has 0 spiro atoms. The van der Waals surface area contributed by atoms with E-state index in [0.29, 0.717) is 16.1 Å². The Bertz CT molecular complexity index is 869. The molecule has 1 heterocycles. The van der Waals surface area contributed by atoms with E-state index in [4.69, 9.17) is 4.55 Å². The minimum absolute atomic E-state index is 0.507. The molecule has 0 saturated heterocycles. The Kier molecular flexibility index (Phi) is 3.04. The first-order valence-electron chi connectivity index (χ1n) is 6.01. The van der Waals surface area contributed by atoms with Crippen LogP contribution in [0.25, 0.3) is 10.8 Å². The van der Waals surface area contributed by atoms with Gasteiger partial charge in [-0.15, -0.1) is 0 Å². The van der Waals surface area contributed by atoms with Gasteiger partial charge in [0, 0.05) is 12.6 Å². The minimum Gasteiger partial charge on any atom is -0.269 e. The van der Waals surface area contributed by atoms with Crippen LogP contribution in [0.2, 0.25) is 0 Å². The smallest absolute Gasteiger partial charge is 0.269 e. The van der Waals surface area contributed by atoms with E-state index in [1.54, 1.807) is 0 Å². The lowest BCUT2D eigenvalue weighted by Crippen LogP contribution is -2.07. The normalized spacial score (nSPS) is 11.8. The SMILES string of the molecule is O=S(=O)(O)n1cnc(Cc2ccc3ccccc3c2)c1. The third-order valence-corrected chi connectivity index (χ3v) is 3.81. The van der Waals surface area contributed by atoms with Crippen molar-refractivity contribution in [1.82, 2.24) is 8.96 Å². The van der Waals surface area contributed by atoms with E-state index in [1.807, 2.05) is 42.5 Å². The fraction of sp³-hybridized carbons (Fsp3) is 0.0714. The van der Waals surface area contributed by atoms with Crippen molar-refractivity contribution in [2.75, 3.05) is 0 Å². The van der Waals surface area contributed by atoms with E-state index in [-0.39, 0.29) is 0 Å². The molecule has 5 nitrogen and oxygen atoms in total. The van der Waals surface area contributed by atoms with Crippen molar-refractivity contribution in [1.29, 1.82) is 0 Å². The van der Waals surface area contributed by atoms with Gasteiger partial charge in [0.05, 0.1) is 5.69 Å². The maximum Gasteiger partial charge on any atom is 0.364 e. The van der Waals surface area contributed by atoms with E-state index >= 15 is 0 Å². The molecule has 102 valence electrons. The molecule has 6 heteroatoms. The molecule has 0 aliphatic carbocycles. The first-order valence-corrected chi connectivity index (χ1v) is 7.40. The summed E-state index contributed by atoms with van der Waals surface area (Å²) < 4.78 is 31.5. The molecule has 0 unspecified atom stereocenters. The van der Waals surface area contributed by atoms with Crippen LogP contribution in [0.3, 0.4) is 0 Å². The fourth-order valence-electron chi connectivity index (χ4n) is 2.12. The van der Waals surface area contributed by atoms with Gasteiger partial charge < -0.3 is 0 Å². The van der Waals surface area contributed by atoms with Gasteiger partial charge in [0.1, 0.15) is 6.33 Å². The molecule has 2 aromatic carbocycles. The zero-order chi connectivity index (χ0) is 14.2. The van der Waals surface area contributed by atoms with Crippen molar-refractivity contribution in [3.8, 4) is 0 Å². The Labute approximate surface area is 116 Å². The predicted molar refractivity (Wildman–Crippen MR) is 75.9 cm³/mol. The van der Waals surface area contributed by atoms with Gasteiger partial charge in [0.25, 0.3) is 0 Å². The highest BCUT2D eigenvalue weighted by atomic mass is 32.2. The zero-order valence-corrected chi connectivity index (χ0v) is 11.3. The van der Waals surface area contributed by atoms with Gasteiger partial charge in [-0.25, -0.2) is 8.96 Å². The molecule has 0 radical (unpaired) electrons. The monoisotopic (exact) mass is 288 g/mol. The molecule has 0 aliphatic heterocycles. The van der Waals surface area contributed by atoms with Gasteiger partial charge in [0.2, 0.25) is 0 Å². The van der Waals surface area contributed by atoms with Crippen molar-refractivity contribution < 1.29 is 13.0 Å². The first-order chi connectivity index (χ1) is 9.52. The van der Waals surface area contributed by atoms with Crippen LogP contribution < -0.4 is 0 Å². The number of benzene rings is 2. The Morgan fingerprint density at radius 1 is 1.10 bits per heavy atom. The van der Waals surface area contributed by atoms with E-state index in [1.165, 1.54) is 6.20 Å². The summed E-state index contributed by atoms with van der Waals surface area (Å²) in [7, 11) is -4.25. The molecular formula is C14H12N2O3S. The fourth-order valence-corrected chi connectivity index (χ4v) is 2.54. The second-order valence-corrected chi connectivity index (χ2v) is 5.85. The van der Waals surface area contributed by atoms with Crippen molar-refractivity contribution >= 4 is 21.1 Å². The van der Waals surface area contributed by atoms with Crippen LogP contribution >= 0.6 is 0 Å². The summed E-state index contributed by atoms with van der Waals surface area (Å²) >= 11 is 0. The maximum absolute atomic E-state index is 11.0. The van der Waals surface area contributed by atoms with Crippen molar-refractivity contribution in [2.24, 2.45) is 0 Å². The second-order valence-electron chi connectivity index (χ2n) is 4.53. The summed E-state index contributed by atoms with van der Waals surface area (Å²) in [5.41, 5.74) is 1.61. The number of imidazole rings is 1. The number of aromatic nitrogens is 2. The van der Waals surface area contributed by atoms with Crippen LogP contribution in [-0.4, -0.2) is 21.9 Å². The van der Waals surface area contributed by atoms with Gasteiger partial charge in [-0.3, -0.25) is 4.55 Å². The van der Waals surface area contributed by atoms with Crippen LogP contribution in [0.15, 0.2) is 55.0 Å². The zero-order valence-electron chi connectivity index (χ0n) is 10.5. The third kappa shape index (κ3) is 2.56. The van der Waals surface area contributed by atoms with Crippen LogP contribution in [0.5, 0.6) is 0 Å². The quantitative estimate of drug-likeness (QED) is 0.750. The summed E-state index contributed by atoms with van der Waals surface area (Å²) in [6.07, 6.45) is 2.91. The molecule has 0 amide bonds. The molecule has 20 heavy (non-hydrogen) atoms. The third-order valence-electron chi connectivity index (χ3n) is 3.08.